The van der Waals surface area contributed by atoms with Gasteiger partial charge in [-0.05, 0) is 56.6 Å². The fraction of sp³-hybridized carbons (Fsp3) is 0.682. The number of nitrogens with one attached hydrogen (secondary N) is 1. The molecule has 2 bridgehead atoms. The summed E-state index contributed by atoms with van der Waals surface area (Å²) >= 11 is 0. The molecule has 0 unspecified atom stereocenters. The first kappa shape index (κ1) is 21.4. The van der Waals surface area contributed by atoms with Crippen LogP contribution in [-0.4, -0.2) is 61.0 Å². The summed E-state index contributed by atoms with van der Waals surface area (Å²) in [5, 5.41) is 2.61. The molecule has 5 rings (SSSR count). The molecule has 5 nitrogen and oxygen atoms in total. The minimum Gasteiger partial charge on any atom is -0.483 e. The van der Waals surface area contributed by atoms with Crippen molar-refractivity contribution in [3.05, 3.63) is 29.8 Å². The predicted molar refractivity (Wildman–Crippen MR) is 105 cm³/mol. The van der Waals surface area contributed by atoms with E-state index in [1.54, 1.807) is 4.90 Å². The van der Waals surface area contributed by atoms with Crippen molar-refractivity contribution in [1.82, 2.24) is 10.2 Å². The average Bonchev–Trinajstić information content (AvgIpc) is 3.04. The number of fused-ring (bicyclic) bond motifs is 5. The van der Waals surface area contributed by atoms with Gasteiger partial charge in [0.2, 0.25) is 0 Å². The van der Waals surface area contributed by atoms with E-state index in [4.69, 9.17) is 9.47 Å². The van der Waals surface area contributed by atoms with Crippen LogP contribution >= 0.6 is 0 Å². The molecule has 1 aliphatic carbocycles. The van der Waals surface area contributed by atoms with Crippen molar-refractivity contribution in [2.75, 3.05) is 19.8 Å². The molecule has 1 saturated heterocycles. The minimum atomic E-state index is -4.30. The number of carbonyl (C=O) groups excluding carboxylic acids is 1. The molecule has 3 atom stereocenters. The number of hydrogen-bond donors (Lipinski definition) is 1. The van der Waals surface area contributed by atoms with Crippen LogP contribution in [0.4, 0.5) is 13.2 Å². The Morgan fingerprint density at radius 2 is 1.90 bits per heavy atom. The first-order chi connectivity index (χ1) is 14.3. The number of nitrogens with zero attached hydrogens (tertiary/aromatic N) is 1. The van der Waals surface area contributed by atoms with Gasteiger partial charge in [-0.1, -0.05) is 18.2 Å². The van der Waals surface area contributed by atoms with E-state index in [-0.39, 0.29) is 31.3 Å². The monoisotopic (exact) mass is 426 g/mol. The van der Waals surface area contributed by atoms with Crippen molar-refractivity contribution in [1.29, 1.82) is 0 Å². The lowest BCUT2D eigenvalue weighted by molar-refractivity contribution is -0.138. The van der Waals surface area contributed by atoms with Crippen LogP contribution in [0.3, 0.4) is 0 Å². The van der Waals surface area contributed by atoms with Crippen LogP contribution in [-0.2, 0) is 9.53 Å². The highest BCUT2D eigenvalue weighted by Crippen LogP contribution is 2.39. The first-order valence-electron chi connectivity index (χ1n) is 10.8. The standard InChI is InChI=1S/C22H29F3N2O3/c1-14-10-18(26-13-22(23,24)25)19-11-29-16-8-6-15(7-9-16)17-4-2-3-5-20(17)30-12-21(28)27(14)19/h2-5,14-16,18-19,26H,6-13H2,1H3/t14-,15?,16?,18+,19+/m1/s1. The van der Waals surface area contributed by atoms with E-state index in [1.165, 1.54) is 0 Å². The van der Waals surface area contributed by atoms with E-state index in [9.17, 15) is 18.0 Å². The quantitative estimate of drug-likeness (QED) is 0.785. The highest BCUT2D eigenvalue weighted by molar-refractivity contribution is 5.79. The molecule has 1 N–H and O–H groups in total. The second-order valence-electron chi connectivity index (χ2n) is 8.69. The van der Waals surface area contributed by atoms with E-state index in [2.05, 4.69) is 11.4 Å². The maximum atomic E-state index is 13.0. The van der Waals surface area contributed by atoms with Gasteiger partial charge in [0, 0.05) is 12.1 Å². The molecule has 8 heteroatoms. The Morgan fingerprint density at radius 3 is 2.63 bits per heavy atom. The molecule has 3 heterocycles. The van der Waals surface area contributed by atoms with Gasteiger partial charge in [0.25, 0.3) is 5.91 Å². The summed E-state index contributed by atoms with van der Waals surface area (Å²) in [7, 11) is 0. The Bertz CT molecular complexity index is 749. The SMILES string of the molecule is C[C@@H]1C[C@H](NCC(F)(F)F)[C@@H]2COC3CCC(CC3)c3ccccc3OCC(=O)N12. The van der Waals surface area contributed by atoms with Crippen LogP contribution in [0.25, 0.3) is 0 Å². The number of hydrogen-bond acceptors (Lipinski definition) is 4. The number of amides is 1. The molecule has 1 aromatic carbocycles. The molecule has 30 heavy (non-hydrogen) atoms. The topological polar surface area (TPSA) is 50.8 Å². The summed E-state index contributed by atoms with van der Waals surface area (Å²) in [6, 6.07) is 6.76. The molecule has 0 radical (unpaired) electrons. The number of benzene rings is 1. The van der Waals surface area contributed by atoms with Gasteiger partial charge in [-0.3, -0.25) is 4.79 Å². The van der Waals surface area contributed by atoms with Gasteiger partial charge >= 0.3 is 6.18 Å². The highest BCUT2D eigenvalue weighted by atomic mass is 19.4. The number of para-hydroxylation sites is 1. The summed E-state index contributed by atoms with van der Waals surface area (Å²) in [6.07, 6.45) is -0.0220. The summed E-state index contributed by atoms with van der Waals surface area (Å²) in [4.78, 5) is 14.7. The zero-order valence-electron chi connectivity index (χ0n) is 17.2. The fourth-order valence-electron chi connectivity index (χ4n) is 5.19. The second-order valence-corrected chi connectivity index (χ2v) is 8.69. The molecule has 166 valence electrons. The molecule has 2 fully saturated rings. The Balaban J connectivity index is 1.57. The summed E-state index contributed by atoms with van der Waals surface area (Å²) in [6.45, 7) is 0.920. The van der Waals surface area contributed by atoms with E-state index in [0.29, 0.717) is 12.3 Å². The molecule has 1 saturated carbocycles. The van der Waals surface area contributed by atoms with Crippen molar-refractivity contribution in [2.24, 2.45) is 0 Å². The van der Waals surface area contributed by atoms with E-state index in [0.717, 1.165) is 37.0 Å². The van der Waals surface area contributed by atoms with Crippen molar-refractivity contribution in [3.63, 3.8) is 0 Å². The lowest BCUT2D eigenvalue weighted by atomic mass is 9.82. The molecule has 3 aliphatic heterocycles. The third kappa shape index (κ3) is 4.75. The lowest BCUT2D eigenvalue weighted by Gasteiger charge is -2.33. The van der Waals surface area contributed by atoms with E-state index < -0.39 is 24.8 Å². The van der Waals surface area contributed by atoms with Gasteiger partial charge in [0.1, 0.15) is 5.75 Å². The van der Waals surface area contributed by atoms with Gasteiger partial charge in [0.05, 0.1) is 25.3 Å². The van der Waals surface area contributed by atoms with Gasteiger partial charge in [-0.2, -0.15) is 13.2 Å². The fourth-order valence-corrected chi connectivity index (χ4v) is 5.19. The van der Waals surface area contributed by atoms with Crippen molar-refractivity contribution >= 4 is 5.91 Å². The summed E-state index contributed by atoms with van der Waals surface area (Å²) < 4.78 is 50.4. The minimum absolute atomic E-state index is 0.0752. The number of alkyl halides is 3. The van der Waals surface area contributed by atoms with Gasteiger partial charge in [-0.15, -0.1) is 0 Å². The van der Waals surface area contributed by atoms with Crippen LogP contribution in [0.5, 0.6) is 5.75 Å². The van der Waals surface area contributed by atoms with Gasteiger partial charge < -0.3 is 19.7 Å². The van der Waals surface area contributed by atoms with E-state index >= 15 is 0 Å². The molecule has 1 amide bonds. The van der Waals surface area contributed by atoms with Crippen molar-refractivity contribution in [3.8, 4) is 5.75 Å². The second kappa shape index (κ2) is 8.75. The van der Waals surface area contributed by atoms with Crippen LogP contribution < -0.4 is 10.1 Å². The predicted octanol–water partition coefficient (Wildman–Crippen LogP) is 3.63. The highest BCUT2D eigenvalue weighted by Gasteiger charge is 2.44. The molecular weight excluding hydrogens is 397 g/mol. The third-order valence-corrected chi connectivity index (χ3v) is 6.63. The van der Waals surface area contributed by atoms with Crippen LogP contribution in [0.15, 0.2) is 24.3 Å². The maximum absolute atomic E-state index is 13.0. The third-order valence-electron chi connectivity index (χ3n) is 6.63. The zero-order valence-corrected chi connectivity index (χ0v) is 17.2. The van der Waals surface area contributed by atoms with Crippen LogP contribution in [0.2, 0.25) is 0 Å². The average molecular weight is 426 g/mol. The van der Waals surface area contributed by atoms with Crippen LogP contribution in [0.1, 0.15) is 50.5 Å². The number of rotatable bonds is 2. The maximum Gasteiger partial charge on any atom is 0.401 e. The lowest BCUT2D eigenvalue weighted by Crippen LogP contribution is -2.51. The Morgan fingerprint density at radius 1 is 1.17 bits per heavy atom. The number of ether oxygens (including phenoxy) is 2. The summed E-state index contributed by atoms with van der Waals surface area (Å²) in [5.74, 6) is 0.884. The Kier molecular flexibility index (Phi) is 6.25. The van der Waals surface area contributed by atoms with Crippen LogP contribution in [0, 0.1) is 0 Å². The molecule has 0 spiro atoms. The van der Waals surface area contributed by atoms with E-state index in [1.807, 2.05) is 25.1 Å². The zero-order chi connectivity index (χ0) is 21.3. The molecule has 1 aromatic rings. The van der Waals surface area contributed by atoms with Crippen molar-refractivity contribution < 1.29 is 27.4 Å². The number of carbonyl (C=O) groups is 1. The Labute approximate surface area is 174 Å². The normalized spacial score (nSPS) is 32.5. The summed E-state index contributed by atoms with van der Waals surface area (Å²) in [5.41, 5.74) is 1.12. The molecule has 0 aromatic heterocycles. The van der Waals surface area contributed by atoms with Gasteiger partial charge in [0.15, 0.2) is 6.61 Å². The van der Waals surface area contributed by atoms with Gasteiger partial charge in [-0.25, -0.2) is 0 Å². The van der Waals surface area contributed by atoms with Crippen molar-refractivity contribution in [2.45, 2.75) is 75.4 Å². The molecular formula is C22H29F3N2O3. The first-order valence-corrected chi connectivity index (χ1v) is 10.8. The molecule has 4 aliphatic rings. The Hall–Kier alpha value is -1.80. The largest absolute Gasteiger partial charge is 0.483 e. The number of halogens is 3. The smallest absolute Gasteiger partial charge is 0.401 e.